The van der Waals surface area contributed by atoms with Crippen LogP contribution in [0.5, 0.6) is 5.75 Å². The average molecular weight is 311 g/mol. The molecule has 0 saturated heterocycles. The maximum Gasteiger partial charge on any atom is 0.277 e. The number of carbonyl (C=O) groups excluding carboxylic acids is 1. The number of nitrogens with one attached hydrogen (secondary N) is 1. The second kappa shape index (κ2) is 7.45. The zero-order valence-electron chi connectivity index (χ0n) is 13.6. The van der Waals surface area contributed by atoms with Crippen LogP contribution in [0.4, 0.5) is 5.69 Å². The van der Waals surface area contributed by atoms with Gasteiger partial charge in [0.15, 0.2) is 6.61 Å². The molecule has 0 radical (unpaired) electrons. The summed E-state index contributed by atoms with van der Waals surface area (Å²) in [5.74, 6) is 0.426. The van der Waals surface area contributed by atoms with E-state index in [0.717, 1.165) is 22.4 Å². The number of nitrogen functional groups attached to an aromatic ring is 1. The molecule has 3 N–H and O–H groups in total. The Morgan fingerprint density at radius 1 is 1.17 bits per heavy atom. The Morgan fingerprint density at radius 2 is 1.83 bits per heavy atom. The van der Waals surface area contributed by atoms with Crippen LogP contribution in [0.25, 0.3) is 0 Å². The van der Waals surface area contributed by atoms with E-state index in [-0.39, 0.29) is 12.5 Å². The van der Waals surface area contributed by atoms with E-state index in [1.165, 1.54) is 0 Å². The molecule has 2 rings (SSSR count). The van der Waals surface area contributed by atoms with Gasteiger partial charge >= 0.3 is 0 Å². The number of rotatable bonds is 5. The van der Waals surface area contributed by atoms with Crippen LogP contribution in [-0.4, -0.2) is 18.2 Å². The average Bonchev–Trinajstić information content (AvgIpc) is 2.52. The van der Waals surface area contributed by atoms with Crippen LogP contribution in [-0.2, 0) is 4.79 Å². The summed E-state index contributed by atoms with van der Waals surface area (Å²) < 4.78 is 5.59. The van der Waals surface area contributed by atoms with E-state index in [0.29, 0.717) is 11.4 Å². The molecular weight excluding hydrogens is 290 g/mol. The number of hydrogen-bond donors (Lipinski definition) is 2. The third kappa shape index (κ3) is 4.57. The molecule has 2 aromatic carbocycles. The lowest BCUT2D eigenvalue weighted by molar-refractivity contribution is -0.123. The lowest BCUT2D eigenvalue weighted by Gasteiger charge is -2.11. The van der Waals surface area contributed by atoms with E-state index in [1.807, 2.05) is 44.2 Å². The van der Waals surface area contributed by atoms with Gasteiger partial charge in [0, 0.05) is 5.69 Å². The smallest absolute Gasteiger partial charge is 0.277 e. The van der Waals surface area contributed by atoms with Crippen molar-refractivity contribution in [2.24, 2.45) is 5.10 Å². The fraction of sp³-hybridized carbons (Fsp3) is 0.222. The van der Waals surface area contributed by atoms with E-state index < -0.39 is 0 Å². The number of nitrogens with zero attached hydrogens (tertiary/aromatic N) is 1. The highest BCUT2D eigenvalue weighted by atomic mass is 16.5. The second-order valence-electron chi connectivity index (χ2n) is 5.37. The quantitative estimate of drug-likeness (QED) is 0.506. The number of para-hydroxylation sites is 1. The van der Waals surface area contributed by atoms with Gasteiger partial charge in [-0.15, -0.1) is 0 Å². The van der Waals surface area contributed by atoms with Crippen LogP contribution >= 0.6 is 0 Å². The predicted molar refractivity (Wildman–Crippen MR) is 92.6 cm³/mol. The molecule has 120 valence electrons. The van der Waals surface area contributed by atoms with Gasteiger partial charge in [-0.3, -0.25) is 4.79 Å². The molecule has 0 saturated carbocycles. The van der Waals surface area contributed by atoms with Crippen LogP contribution in [0.2, 0.25) is 0 Å². The first kappa shape index (κ1) is 16.5. The number of anilines is 1. The van der Waals surface area contributed by atoms with Gasteiger partial charge in [-0.25, -0.2) is 5.43 Å². The molecule has 0 spiro atoms. The SMILES string of the molecule is CC(=NNC(=O)COc1c(C)cccc1C)c1cccc(N)c1. The number of ether oxygens (including phenoxy) is 1. The van der Waals surface area contributed by atoms with Crippen molar-refractivity contribution >= 4 is 17.3 Å². The minimum absolute atomic E-state index is 0.0839. The minimum Gasteiger partial charge on any atom is -0.483 e. The zero-order valence-corrected chi connectivity index (χ0v) is 13.6. The summed E-state index contributed by atoms with van der Waals surface area (Å²) >= 11 is 0. The molecule has 5 heteroatoms. The number of carbonyl (C=O) groups is 1. The summed E-state index contributed by atoms with van der Waals surface area (Å²) in [6, 6.07) is 13.2. The molecule has 0 bridgehead atoms. The Hall–Kier alpha value is -2.82. The van der Waals surface area contributed by atoms with Crippen molar-refractivity contribution in [2.75, 3.05) is 12.3 Å². The van der Waals surface area contributed by atoms with Crippen molar-refractivity contribution in [1.82, 2.24) is 5.43 Å². The predicted octanol–water partition coefficient (Wildman–Crippen LogP) is 2.80. The van der Waals surface area contributed by atoms with Gasteiger partial charge in [0.2, 0.25) is 0 Å². The zero-order chi connectivity index (χ0) is 16.8. The maximum atomic E-state index is 11.9. The molecule has 0 aliphatic carbocycles. The fourth-order valence-corrected chi connectivity index (χ4v) is 2.17. The van der Waals surface area contributed by atoms with Crippen molar-refractivity contribution in [3.05, 3.63) is 59.2 Å². The summed E-state index contributed by atoms with van der Waals surface area (Å²) in [4.78, 5) is 11.9. The highest BCUT2D eigenvalue weighted by Gasteiger charge is 2.07. The number of hydrazone groups is 1. The largest absolute Gasteiger partial charge is 0.483 e. The van der Waals surface area contributed by atoms with Gasteiger partial charge in [-0.2, -0.15) is 5.10 Å². The first-order valence-electron chi connectivity index (χ1n) is 7.35. The first-order valence-corrected chi connectivity index (χ1v) is 7.35. The number of hydrogen-bond acceptors (Lipinski definition) is 4. The monoisotopic (exact) mass is 311 g/mol. The minimum atomic E-state index is -0.309. The molecule has 0 unspecified atom stereocenters. The lowest BCUT2D eigenvalue weighted by atomic mass is 10.1. The van der Waals surface area contributed by atoms with Gasteiger partial charge in [0.25, 0.3) is 5.91 Å². The normalized spacial score (nSPS) is 11.2. The van der Waals surface area contributed by atoms with Crippen LogP contribution < -0.4 is 15.9 Å². The summed E-state index contributed by atoms with van der Waals surface area (Å²) in [6.07, 6.45) is 0. The highest BCUT2D eigenvalue weighted by Crippen LogP contribution is 2.21. The third-order valence-corrected chi connectivity index (χ3v) is 3.41. The number of nitrogens with two attached hydrogens (primary N) is 1. The van der Waals surface area contributed by atoms with Gasteiger partial charge in [-0.1, -0.05) is 30.3 Å². The van der Waals surface area contributed by atoms with Crippen LogP contribution in [0.3, 0.4) is 0 Å². The molecule has 0 atom stereocenters. The van der Waals surface area contributed by atoms with Gasteiger partial charge in [0.1, 0.15) is 5.75 Å². The molecule has 0 aliphatic rings. The lowest BCUT2D eigenvalue weighted by Crippen LogP contribution is -2.26. The van der Waals surface area contributed by atoms with E-state index in [2.05, 4.69) is 10.5 Å². The Morgan fingerprint density at radius 3 is 2.48 bits per heavy atom. The van der Waals surface area contributed by atoms with E-state index in [1.54, 1.807) is 19.1 Å². The molecule has 0 aliphatic heterocycles. The summed E-state index contributed by atoms with van der Waals surface area (Å²) in [5.41, 5.74) is 12.4. The Bertz CT molecular complexity index is 719. The molecule has 2 aromatic rings. The summed E-state index contributed by atoms with van der Waals surface area (Å²) in [5, 5.41) is 4.07. The van der Waals surface area contributed by atoms with E-state index in [9.17, 15) is 4.79 Å². The molecule has 0 fully saturated rings. The molecule has 0 heterocycles. The second-order valence-corrected chi connectivity index (χ2v) is 5.37. The van der Waals surface area contributed by atoms with Crippen LogP contribution in [0.1, 0.15) is 23.6 Å². The standard InChI is InChI=1S/C18H21N3O2/c1-12-6-4-7-13(2)18(12)23-11-17(22)21-20-14(3)15-8-5-9-16(19)10-15/h4-10H,11,19H2,1-3H3,(H,21,22). The molecular formula is C18H21N3O2. The van der Waals surface area contributed by atoms with Gasteiger partial charge < -0.3 is 10.5 Å². The van der Waals surface area contributed by atoms with Crippen molar-refractivity contribution in [2.45, 2.75) is 20.8 Å². The van der Waals surface area contributed by atoms with Crippen molar-refractivity contribution in [3.63, 3.8) is 0 Å². The topological polar surface area (TPSA) is 76.7 Å². The Labute approximate surface area is 136 Å². The van der Waals surface area contributed by atoms with Gasteiger partial charge in [-0.05, 0) is 49.6 Å². The summed E-state index contributed by atoms with van der Waals surface area (Å²) in [6.45, 7) is 5.62. The van der Waals surface area contributed by atoms with E-state index >= 15 is 0 Å². The van der Waals surface area contributed by atoms with Crippen molar-refractivity contribution in [1.29, 1.82) is 0 Å². The van der Waals surface area contributed by atoms with E-state index in [4.69, 9.17) is 10.5 Å². The highest BCUT2D eigenvalue weighted by molar-refractivity contribution is 5.99. The number of aryl methyl sites for hydroxylation is 2. The molecule has 0 aromatic heterocycles. The van der Waals surface area contributed by atoms with Crippen molar-refractivity contribution < 1.29 is 9.53 Å². The Balaban J connectivity index is 1.94. The summed E-state index contributed by atoms with van der Waals surface area (Å²) in [7, 11) is 0. The van der Waals surface area contributed by atoms with Crippen LogP contribution in [0, 0.1) is 13.8 Å². The maximum absolute atomic E-state index is 11.9. The molecule has 1 amide bonds. The van der Waals surface area contributed by atoms with Crippen LogP contribution in [0.15, 0.2) is 47.6 Å². The Kier molecular flexibility index (Phi) is 5.36. The fourth-order valence-electron chi connectivity index (χ4n) is 2.17. The van der Waals surface area contributed by atoms with Crippen molar-refractivity contribution in [3.8, 4) is 5.75 Å². The molecule has 23 heavy (non-hydrogen) atoms. The first-order chi connectivity index (χ1) is 11.0. The third-order valence-electron chi connectivity index (χ3n) is 3.41. The van der Waals surface area contributed by atoms with Gasteiger partial charge in [0.05, 0.1) is 5.71 Å². The number of benzene rings is 2. The number of amides is 1. The molecule has 5 nitrogen and oxygen atoms in total.